The summed E-state index contributed by atoms with van der Waals surface area (Å²) >= 11 is 0. The third-order valence-corrected chi connectivity index (χ3v) is 2.71. The molecular weight excluding hydrogens is 214 g/mol. The highest BCUT2D eigenvalue weighted by Gasteiger charge is 2.23. The lowest BCUT2D eigenvalue weighted by Gasteiger charge is -2.11. The molecule has 0 radical (unpaired) electrons. The second kappa shape index (κ2) is 4.57. The number of nitrogens with zero attached hydrogens (tertiary/aromatic N) is 1. The molecule has 1 aliphatic rings. The fourth-order valence-corrected chi connectivity index (χ4v) is 1.83. The molecule has 0 saturated heterocycles. The van der Waals surface area contributed by atoms with E-state index in [0.717, 1.165) is 11.3 Å². The van der Waals surface area contributed by atoms with Crippen molar-refractivity contribution in [2.24, 2.45) is 0 Å². The van der Waals surface area contributed by atoms with Gasteiger partial charge in [-0.05, 0) is 11.6 Å². The molecule has 0 saturated carbocycles. The maximum atomic E-state index is 5.74. The Balaban J connectivity index is 1.68. The minimum Gasteiger partial charge on any atom is -0.349 e. The van der Waals surface area contributed by atoms with Gasteiger partial charge in [0.25, 0.3) is 0 Å². The maximum absolute atomic E-state index is 5.74. The summed E-state index contributed by atoms with van der Waals surface area (Å²) in [7, 11) is 0. The summed E-state index contributed by atoms with van der Waals surface area (Å²) in [4.78, 5) is 0. The van der Waals surface area contributed by atoms with Gasteiger partial charge in [0.1, 0.15) is 5.69 Å². The molecule has 1 aromatic heterocycles. The van der Waals surface area contributed by atoms with Crippen LogP contribution in [0.5, 0.6) is 0 Å². The van der Waals surface area contributed by atoms with Crippen LogP contribution in [0.1, 0.15) is 17.5 Å². The molecule has 86 valence electrons. The molecule has 0 spiro atoms. The minimum atomic E-state index is -0.309. The number of aromatic nitrogens is 1. The summed E-state index contributed by atoms with van der Waals surface area (Å²) in [6.45, 7) is 2.22. The summed E-state index contributed by atoms with van der Waals surface area (Å²) in [5, 5.41) is 0. The highest BCUT2D eigenvalue weighted by molar-refractivity contribution is 5.13. The average Bonchev–Trinajstić information content (AvgIpc) is 2.81. The number of fused-ring (bicyclic) bond motifs is 1. The third kappa shape index (κ3) is 2.16. The lowest BCUT2D eigenvalue weighted by molar-refractivity contribution is -0.645. The molecule has 3 heteroatoms. The van der Waals surface area contributed by atoms with E-state index in [1.54, 1.807) is 6.73 Å². The largest absolute Gasteiger partial charge is 0.349 e. The van der Waals surface area contributed by atoms with E-state index in [9.17, 15) is 0 Å². The smallest absolute Gasteiger partial charge is 0.193 e. The van der Waals surface area contributed by atoms with Gasteiger partial charge in [-0.3, -0.25) is 0 Å². The standard InChI is InChI=1S/C14H13NO2/c1-2-6-12(7-3-1)10-16-14-13-8-4-5-9-15(13)11-17-14/h1-9,11,14H,10H2. The quantitative estimate of drug-likeness (QED) is 0.592. The van der Waals surface area contributed by atoms with E-state index < -0.39 is 0 Å². The molecule has 0 fully saturated rings. The summed E-state index contributed by atoms with van der Waals surface area (Å²) in [6.07, 6.45) is 1.64. The first-order valence-corrected chi connectivity index (χ1v) is 5.58. The Bertz CT molecular complexity index is 499. The van der Waals surface area contributed by atoms with E-state index in [0.29, 0.717) is 6.61 Å². The summed E-state index contributed by atoms with van der Waals surface area (Å²) in [5.41, 5.74) is 2.16. The number of ether oxygens (including phenoxy) is 2. The highest BCUT2D eigenvalue weighted by Crippen LogP contribution is 2.22. The van der Waals surface area contributed by atoms with Gasteiger partial charge < -0.3 is 14.0 Å². The zero-order valence-electron chi connectivity index (χ0n) is 9.32. The lowest BCUT2D eigenvalue weighted by atomic mass is 10.2. The van der Waals surface area contributed by atoms with Crippen LogP contribution in [-0.4, -0.2) is 0 Å². The second-order valence-electron chi connectivity index (χ2n) is 3.90. The number of rotatable bonds is 3. The van der Waals surface area contributed by atoms with E-state index in [1.165, 1.54) is 0 Å². The van der Waals surface area contributed by atoms with Crippen LogP contribution in [0.25, 0.3) is 0 Å². The molecule has 1 aromatic carbocycles. The van der Waals surface area contributed by atoms with Crippen molar-refractivity contribution < 1.29 is 14.0 Å². The number of hydrogen-bond donors (Lipinski definition) is 0. The SMILES string of the molecule is c1ccc(COC2O[CH-][n+]3ccccc32)cc1. The molecule has 0 bridgehead atoms. The molecule has 1 atom stereocenters. The fraction of sp³-hybridized carbons (Fsp3) is 0.143. The van der Waals surface area contributed by atoms with Crippen molar-refractivity contribution in [3.63, 3.8) is 0 Å². The van der Waals surface area contributed by atoms with E-state index in [4.69, 9.17) is 9.47 Å². The van der Waals surface area contributed by atoms with Gasteiger partial charge in [0.2, 0.25) is 0 Å². The topological polar surface area (TPSA) is 22.3 Å². The molecule has 2 heterocycles. The van der Waals surface area contributed by atoms with Crippen molar-refractivity contribution in [2.75, 3.05) is 0 Å². The number of pyridine rings is 1. The predicted molar refractivity (Wildman–Crippen MR) is 61.4 cm³/mol. The lowest BCUT2D eigenvalue weighted by Crippen LogP contribution is -2.30. The average molecular weight is 227 g/mol. The number of hydrogen-bond acceptors (Lipinski definition) is 2. The van der Waals surface area contributed by atoms with Crippen LogP contribution in [0.2, 0.25) is 0 Å². The van der Waals surface area contributed by atoms with Gasteiger partial charge in [0.05, 0.1) is 12.8 Å². The molecule has 1 unspecified atom stereocenters. The molecule has 1 aliphatic heterocycles. The molecule has 3 nitrogen and oxygen atoms in total. The van der Waals surface area contributed by atoms with Crippen LogP contribution < -0.4 is 4.57 Å². The van der Waals surface area contributed by atoms with Crippen molar-refractivity contribution in [1.82, 2.24) is 0 Å². The van der Waals surface area contributed by atoms with Gasteiger partial charge in [-0.2, -0.15) is 0 Å². The Hall–Kier alpha value is -1.84. The summed E-state index contributed by atoms with van der Waals surface area (Å²) in [6, 6.07) is 16.0. The van der Waals surface area contributed by atoms with Crippen molar-refractivity contribution in [2.45, 2.75) is 12.9 Å². The Morgan fingerprint density at radius 2 is 1.94 bits per heavy atom. The van der Waals surface area contributed by atoms with Crippen LogP contribution in [0.15, 0.2) is 54.7 Å². The Morgan fingerprint density at radius 1 is 1.12 bits per heavy atom. The van der Waals surface area contributed by atoms with Gasteiger partial charge in [-0.1, -0.05) is 42.5 Å². The minimum absolute atomic E-state index is 0.309. The molecule has 0 amide bonds. The first-order valence-electron chi connectivity index (χ1n) is 5.58. The van der Waals surface area contributed by atoms with Crippen LogP contribution in [0.4, 0.5) is 0 Å². The number of benzene rings is 1. The van der Waals surface area contributed by atoms with Gasteiger partial charge in [0.15, 0.2) is 13.0 Å². The molecule has 2 aromatic rings. The first kappa shape index (κ1) is 10.3. The molecule has 3 rings (SSSR count). The van der Waals surface area contributed by atoms with E-state index in [1.807, 2.05) is 59.3 Å². The monoisotopic (exact) mass is 227 g/mol. The van der Waals surface area contributed by atoms with Crippen molar-refractivity contribution in [3.05, 3.63) is 72.7 Å². The van der Waals surface area contributed by atoms with Crippen LogP contribution in [-0.2, 0) is 16.1 Å². The van der Waals surface area contributed by atoms with Crippen molar-refractivity contribution >= 4 is 0 Å². The Morgan fingerprint density at radius 3 is 2.82 bits per heavy atom. The maximum Gasteiger partial charge on any atom is 0.193 e. The zero-order chi connectivity index (χ0) is 11.5. The van der Waals surface area contributed by atoms with Crippen LogP contribution in [0, 0.1) is 6.73 Å². The van der Waals surface area contributed by atoms with Crippen molar-refractivity contribution in [3.8, 4) is 0 Å². The molecule has 0 aliphatic carbocycles. The van der Waals surface area contributed by atoms with E-state index >= 15 is 0 Å². The van der Waals surface area contributed by atoms with Gasteiger partial charge in [0, 0.05) is 0 Å². The fourth-order valence-electron chi connectivity index (χ4n) is 1.83. The predicted octanol–water partition coefficient (Wildman–Crippen LogP) is 2.19. The first-order chi connectivity index (χ1) is 8.43. The zero-order valence-corrected chi connectivity index (χ0v) is 9.32. The van der Waals surface area contributed by atoms with Gasteiger partial charge in [-0.25, -0.2) is 0 Å². The normalized spacial score (nSPS) is 17.5. The highest BCUT2D eigenvalue weighted by atomic mass is 16.7. The third-order valence-electron chi connectivity index (χ3n) is 2.71. The Kier molecular flexibility index (Phi) is 2.78. The molecule has 17 heavy (non-hydrogen) atoms. The van der Waals surface area contributed by atoms with E-state index in [2.05, 4.69) is 0 Å². The summed E-state index contributed by atoms with van der Waals surface area (Å²) < 4.78 is 13.1. The summed E-state index contributed by atoms with van der Waals surface area (Å²) in [5.74, 6) is 0. The molecule has 0 N–H and O–H groups in total. The van der Waals surface area contributed by atoms with E-state index in [-0.39, 0.29) is 6.29 Å². The van der Waals surface area contributed by atoms with Gasteiger partial charge >= 0.3 is 0 Å². The van der Waals surface area contributed by atoms with Crippen LogP contribution >= 0.6 is 0 Å². The van der Waals surface area contributed by atoms with Crippen molar-refractivity contribution in [1.29, 1.82) is 0 Å². The molecular formula is C14H13NO2. The van der Waals surface area contributed by atoms with Crippen LogP contribution in [0.3, 0.4) is 0 Å². The Labute approximate surface area is 100 Å². The second-order valence-corrected chi connectivity index (χ2v) is 3.90. The van der Waals surface area contributed by atoms with Gasteiger partial charge in [-0.15, -0.1) is 0 Å².